The van der Waals surface area contributed by atoms with E-state index in [1.165, 1.54) is 30.9 Å². The van der Waals surface area contributed by atoms with Crippen molar-refractivity contribution in [2.75, 3.05) is 31.6 Å². The van der Waals surface area contributed by atoms with Gasteiger partial charge in [0.2, 0.25) is 0 Å². The standard InChI is InChI=1S/C12H22N2S/c1-3-4-14-5-6-15-9-10-7-11(13-2)8-12(10)14/h3,10-13H,1,4-9H2,2H3. The second-order valence-electron chi connectivity index (χ2n) is 4.64. The Bertz CT molecular complexity index is 220. The molecule has 0 aromatic rings. The number of fused-ring (bicyclic) bond motifs is 1. The summed E-state index contributed by atoms with van der Waals surface area (Å²) in [6, 6.07) is 1.54. The number of nitrogens with zero attached hydrogens (tertiary/aromatic N) is 1. The maximum atomic E-state index is 3.87. The zero-order chi connectivity index (χ0) is 10.7. The summed E-state index contributed by atoms with van der Waals surface area (Å²) in [4.78, 5) is 2.63. The van der Waals surface area contributed by atoms with Gasteiger partial charge in [-0.2, -0.15) is 11.8 Å². The van der Waals surface area contributed by atoms with Gasteiger partial charge in [0.15, 0.2) is 0 Å². The van der Waals surface area contributed by atoms with E-state index in [9.17, 15) is 0 Å². The Morgan fingerprint density at radius 3 is 3.13 bits per heavy atom. The van der Waals surface area contributed by atoms with Gasteiger partial charge in [-0.15, -0.1) is 6.58 Å². The molecule has 1 aliphatic heterocycles. The van der Waals surface area contributed by atoms with Crippen molar-refractivity contribution in [3.8, 4) is 0 Å². The van der Waals surface area contributed by atoms with E-state index in [0.29, 0.717) is 0 Å². The van der Waals surface area contributed by atoms with Crippen molar-refractivity contribution in [2.24, 2.45) is 5.92 Å². The molecule has 3 atom stereocenters. The molecule has 0 spiro atoms. The number of hydrogen-bond acceptors (Lipinski definition) is 3. The fourth-order valence-corrected chi connectivity index (χ4v) is 4.13. The first-order chi connectivity index (χ1) is 7.35. The average Bonchev–Trinajstić information content (AvgIpc) is 2.58. The van der Waals surface area contributed by atoms with Gasteiger partial charge in [0, 0.05) is 30.9 Å². The van der Waals surface area contributed by atoms with E-state index in [0.717, 1.165) is 24.5 Å². The Kier molecular flexibility index (Phi) is 4.12. The van der Waals surface area contributed by atoms with E-state index in [1.54, 1.807) is 0 Å². The van der Waals surface area contributed by atoms with Crippen LogP contribution in [0.25, 0.3) is 0 Å². The minimum atomic E-state index is 0.742. The predicted molar refractivity (Wildman–Crippen MR) is 68.5 cm³/mol. The normalized spacial score (nSPS) is 37.3. The van der Waals surface area contributed by atoms with E-state index in [4.69, 9.17) is 0 Å². The van der Waals surface area contributed by atoms with Crippen LogP contribution in [0.5, 0.6) is 0 Å². The first-order valence-corrected chi connectivity index (χ1v) is 7.10. The highest BCUT2D eigenvalue weighted by atomic mass is 32.2. The predicted octanol–water partition coefficient (Wildman–Crippen LogP) is 1.59. The van der Waals surface area contributed by atoms with Crippen LogP contribution < -0.4 is 5.32 Å². The Labute approximate surface area is 97.5 Å². The minimum Gasteiger partial charge on any atom is -0.317 e. The summed E-state index contributed by atoms with van der Waals surface area (Å²) in [6.45, 7) is 6.19. The number of nitrogens with one attached hydrogen (secondary N) is 1. The van der Waals surface area contributed by atoms with Crippen LogP contribution >= 0.6 is 11.8 Å². The lowest BCUT2D eigenvalue weighted by molar-refractivity contribution is 0.201. The van der Waals surface area contributed by atoms with Gasteiger partial charge in [-0.05, 0) is 31.6 Å². The van der Waals surface area contributed by atoms with Gasteiger partial charge in [0.25, 0.3) is 0 Å². The highest BCUT2D eigenvalue weighted by molar-refractivity contribution is 7.99. The number of rotatable bonds is 3. The summed E-state index contributed by atoms with van der Waals surface area (Å²) in [5.41, 5.74) is 0. The number of hydrogen-bond donors (Lipinski definition) is 1. The molecule has 0 aromatic carbocycles. The average molecular weight is 226 g/mol. The zero-order valence-electron chi connectivity index (χ0n) is 9.61. The van der Waals surface area contributed by atoms with Crippen LogP contribution in [0.2, 0.25) is 0 Å². The van der Waals surface area contributed by atoms with Gasteiger partial charge in [-0.3, -0.25) is 4.90 Å². The van der Waals surface area contributed by atoms with Gasteiger partial charge >= 0.3 is 0 Å². The van der Waals surface area contributed by atoms with Crippen LogP contribution in [0.1, 0.15) is 12.8 Å². The van der Waals surface area contributed by atoms with Crippen molar-refractivity contribution in [2.45, 2.75) is 24.9 Å². The maximum absolute atomic E-state index is 3.87. The lowest BCUT2D eigenvalue weighted by atomic mass is 10.0. The van der Waals surface area contributed by atoms with Crippen LogP contribution in [-0.2, 0) is 0 Å². The quantitative estimate of drug-likeness (QED) is 0.736. The molecule has 15 heavy (non-hydrogen) atoms. The van der Waals surface area contributed by atoms with Crippen molar-refractivity contribution < 1.29 is 0 Å². The van der Waals surface area contributed by atoms with Crippen LogP contribution in [-0.4, -0.2) is 48.6 Å². The molecule has 2 rings (SSSR count). The maximum Gasteiger partial charge on any atom is 0.0164 e. The largest absolute Gasteiger partial charge is 0.317 e. The second-order valence-corrected chi connectivity index (χ2v) is 5.79. The molecule has 0 radical (unpaired) electrons. The molecule has 86 valence electrons. The molecule has 1 N–H and O–H groups in total. The SMILES string of the molecule is C=CCN1CCSCC2CC(NC)CC21. The monoisotopic (exact) mass is 226 g/mol. The van der Waals surface area contributed by atoms with Crippen molar-refractivity contribution in [1.29, 1.82) is 0 Å². The van der Waals surface area contributed by atoms with Crippen LogP contribution in [0.15, 0.2) is 12.7 Å². The molecule has 2 nitrogen and oxygen atoms in total. The third-order valence-electron chi connectivity index (χ3n) is 3.75. The Hall–Kier alpha value is 0.01000. The summed E-state index contributed by atoms with van der Waals surface area (Å²) in [6.07, 6.45) is 4.75. The lowest BCUT2D eigenvalue weighted by Crippen LogP contribution is -2.38. The molecular formula is C12H22N2S. The Morgan fingerprint density at radius 1 is 1.53 bits per heavy atom. The van der Waals surface area contributed by atoms with E-state index in [2.05, 4.69) is 41.7 Å². The van der Waals surface area contributed by atoms with Crippen molar-refractivity contribution in [1.82, 2.24) is 10.2 Å². The summed E-state index contributed by atoms with van der Waals surface area (Å²) >= 11 is 2.13. The summed E-state index contributed by atoms with van der Waals surface area (Å²) in [7, 11) is 2.10. The lowest BCUT2D eigenvalue weighted by Gasteiger charge is -2.29. The molecule has 1 heterocycles. The van der Waals surface area contributed by atoms with Gasteiger partial charge in [0.05, 0.1) is 0 Å². The first-order valence-electron chi connectivity index (χ1n) is 5.95. The molecule has 0 amide bonds. The van der Waals surface area contributed by atoms with E-state index < -0.39 is 0 Å². The van der Waals surface area contributed by atoms with Crippen molar-refractivity contribution in [3.63, 3.8) is 0 Å². The molecule has 2 aliphatic rings. The van der Waals surface area contributed by atoms with E-state index >= 15 is 0 Å². The fourth-order valence-electron chi connectivity index (χ4n) is 2.94. The zero-order valence-corrected chi connectivity index (χ0v) is 10.4. The molecule has 3 heteroatoms. The highest BCUT2D eigenvalue weighted by Gasteiger charge is 2.37. The van der Waals surface area contributed by atoms with Gasteiger partial charge in [-0.25, -0.2) is 0 Å². The van der Waals surface area contributed by atoms with E-state index in [-0.39, 0.29) is 0 Å². The molecule has 2 fully saturated rings. The third-order valence-corrected chi connectivity index (χ3v) is 4.89. The van der Waals surface area contributed by atoms with Crippen LogP contribution in [0, 0.1) is 5.92 Å². The Balaban J connectivity index is 2.02. The molecule has 0 aromatic heterocycles. The van der Waals surface area contributed by atoms with Crippen LogP contribution in [0.3, 0.4) is 0 Å². The fraction of sp³-hybridized carbons (Fsp3) is 0.833. The van der Waals surface area contributed by atoms with Gasteiger partial charge < -0.3 is 5.32 Å². The van der Waals surface area contributed by atoms with Crippen LogP contribution in [0.4, 0.5) is 0 Å². The minimum absolute atomic E-state index is 0.742. The Morgan fingerprint density at radius 2 is 2.40 bits per heavy atom. The van der Waals surface area contributed by atoms with Gasteiger partial charge in [0.1, 0.15) is 0 Å². The summed E-state index contributed by atoms with van der Waals surface area (Å²) in [5, 5.41) is 3.44. The van der Waals surface area contributed by atoms with Crippen molar-refractivity contribution >= 4 is 11.8 Å². The molecule has 1 aliphatic carbocycles. The molecule has 1 saturated carbocycles. The van der Waals surface area contributed by atoms with Crippen molar-refractivity contribution in [3.05, 3.63) is 12.7 Å². The molecule has 3 unspecified atom stereocenters. The molecule has 1 saturated heterocycles. The topological polar surface area (TPSA) is 15.3 Å². The smallest absolute Gasteiger partial charge is 0.0164 e. The van der Waals surface area contributed by atoms with Gasteiger partial charge in [-0.1, -0.05) is 6.08 Å². The molecule has 0 bridgehead atoms. The highest BCUT2D eigenvalue weighted by Crippen LogP contribution is 2.34. The summed E-state index contributed by atoms with van der Waals surface area (Å²) in [5.74, 6) is 3.55. The van der Waals surface area contributed by atoms with E-state index in [1.807, 2.05) is 0 Å². The summed E-state index contributed by atoms with van der Waals surface area (Å²) < 4.78 is 0. The molecular weight excluding hydrogens is 204 g/mol. The first kappa shape index (κ1) is 11.5. The second kappa shape index (κ2) is 5.37. The number of thioether (sulfide) groups is 1. The third kappa shape index (κ3) is 2.58.